The zero-order valence-electron chi connectivity index (χ0n) is 17.6. The largest absolute Gasteiger partial charge is 0.457 e. The summed E-state index contributed by atoms with van der Waals surface area (Å²) in [5.74, 6) is 0.433. The van der Waals surface area contributed by atoms with Crippen molar-refractivity contribution in [2.24, 2.45) is 4.99 Å². The van der Waals surface area contributed by atoms with Gasteiger partial charge in [-0.1, -0.05) is 12.1 Å². The topological polar surface area (TPSA) is 76.5 Å². The molecule has 2 heterocycles. The molecule has 0 saturated carbocycles. The molecule has 3 rings (SSSR count). The van der Waals surface area contributed by atoms with Crippen molar-refractivity contribution in [3.63, 3.8) is 0 Å². The first-order valence-electron chi connectivity index (χ1n) is 9.71. The Hall–Kier alpha value is -3.87. The molecule has 6 nitrogen and oxygen atoms in total. The Labute approximate surface area is 180 Å². The van der Waals surface area contributed by atoms with Crippen LogP contribution < -0.4 is 10.1 Å². The van der Waals surface area contributed by atoms with E-state index in [1.165, 1.54) is 12.3 Å². The van der Waals surface area contributed by atoms with E-state index in [9.17, 15) is 9.18 Å². The van der Waals surface area contributed by atoms with Gasteiger partial charge in [-0.15, -0.1) is 0 Å². The van der Waals surface area contributed by atoms with Crippen molar-refractivity contribution in [2.45, 2.75) is 20.4 Å². The molecular weight excluding hydrogens is 395 g/mol. The van der Waals surface area contributed by atoms with Crippen LogP contribution in [0.15, 0.2) is 66.1 Å². The molecule has 0 aliphatic rings. The van der Waals surface area contributed by atoms with Gasteiger partial charge in [0.05, 0.1) is 11.9 Å². The summed E-state index contributed by atoms with van der Waals surface area (Å²) >= 11 is 0. The van der Waals surface area contributed by atoms with Gasteiger partial charge in [-0.25, -0.2) is 4.39 Å². The van der Waals surface area contributed by atoms with Crippen LogP contribution in [0.4, 0.5) is 4.39 Å². The first-order valence-corrected chi connectivity index (χ1v) is 9.71. The normalized spacial score (nSPS) is 11.5. The van der Waals surface area contributed by atoms with Gasteiger partial charge in [-0.05, 0) is 43.7 Å². The Kier molecular flexibility index (Phi) is 7.22. The summed E-state index contributed by atoms with van der Waals surface area (Å²) in [5, 5.41) is 2.79. The van der Waals surface area contributed by atoms with Gasteiger partial charge in [-0.3, -0.25) is 19.8 Å². The monoisotopic (exact) mass is 418 g/mol. The minimum absolute atomic E-state index is 0.174. The fraction of sp³-hybridized carbons (Fsp3) is 0.167. The van der Waals surface area contributed by atoms with Crippen LogP contribution in [0.3, 0.4) is 0 Å². The van der Waals surface area contributed by atoms with Gasteiger partial charge in [0.1, 0.15) is 17.3 Å². The van der Waals surface area contributed by atoms with Crippen molar-refractivity contribution in [1.82, 2.24) is 15.3 Å². The standard InChI is InChI=1S/C24H23FN4O2/c1-4-18(14-26-3)22-11-20(8-9-28-22)31-23-7-5-6-21(16(23)2)24(30)29-13-17-10-19(25)15-27-12-17/h4-12,14-15H,13H2,1-3H3,(H,29,30)/b18-4+,26-14?. The van der Waals surface area contributed by atoms with Gasteiger partial charge in [0.25, 0.3) is 5.91 Å². The highest BCUT2D eigenvalue weighted by atomic mass is 19.1. The number of rotatable bonds is 7. The molecule has 7 heteroatoms. The molecule has 1 amide bonds. The molecule has 0 atom stereocenters. The third kappa shape index (κ3) is 5.60. The molecule has 0 bridgehead atoms. The zero-order chi connectivity index (χ0) is 22.2. The van der Waals surface area contributed by atoms with E-state index in [0.29, 0.717) is 28.2 Å². The molecular formula is C24H23FN4O2. The lowest BCUT2D eigenvalue weighted by atomic mass is 10.1. The molecule has 2 aromatic heterocycles. The fourth-order valence-corrected chi connectivity index (χ4v) is 2.99. The molecule has 0 saturated heterocycles. The van der Waals surface area contributed by atoms with Crippen LogP contribution in [-0.2, 0) is 6.54 Å². The molecule has 31 heavy (non-hydrogen) atoms. The molecule has 0 radical (unpaired) electrons. The number of ether oxygens (including phenoxy) is 1. The second kappa shape index (κ2) is 10.2. The number of nitrogens with zero attached hydrogens (tertiary/aromatic N) is 3. The quantitative estimate of drug-likeness (QED) is 0.562. The number of halogens is 1. The molecule has 0 spiro atoms. The smallest absolute Gasteiger partial charge is 0.251 e. The van der Waals surface area contributed by atoms with Crippen molar-refractivity contribution < 1.29 is 13.9 Å². The highest BCUT2D eigenvalue weighted by Crippen LogP contribution is 2.28. The minimum Gasteiger partial charge on any atom is -0.457 e. The molecule has 1 N–H and O–H groups in total. The summed E-state index contributed by atoms with van der Waals surface area (Å²) in [4.78, 5) is 24.9. The number of carbonyl (C=O) groups excluding carboxylic acids is 1. The lowest BCUT2D eigenvalue weighted by molar-refractivity contribution is 0.0950. The van der Waals surface area contributed by atoms with Crippen molar-refractivity contribution in [2.75, 3.05) is 7.05 Å². The maximum absolute atomic E-state index is 13.3. The number of amides is 1. The van der Waals surface area contributed by atoms with Crippen LogP contribution >= 0.6 is 0 Å². The summed E-state index contributed by atoms with van der Waals surface area (Å²) in [6.45, 7) is 3.91. The van der Waals surface area contributed by atoms with Crippen LogP contribution in [0.5, 0.6) is 11.5 Å². The van der Waals surface area contributed by atoms with E-state index >= 15 is 0 Å². The number of hydrogen-bond acceptors (Lipinski definition) is 5. The van der Waals surface area contributed by atoms with Crippen LogP contribution in [0.2, 0.25) is 0 Å². The Morgan fingerprint density at radius 2 is 2.10 bits per heavy atom. The number of allylic oxidation sites excluding steroid dienone is 2. The summed E-state index contributed by atoms with van der Waals surface area (Å²) in [6, 6.07) is 10.2. The van der Waals surface area contributed by atoms with Gasteiger partial charge in [0.2, 0.25) is 0 Å². The maximum Gasteiger partial charge on any atom is 0.251 e. The Morgan fingerprint density at radius 1 is 1.26 bits per heavy atom. The SMILES string of the molecule is C/C=C(\C=NC)c1cc(Oc2cccc(C(=O)NCc3cncc(F)c3)c2C)ccn1. The van der Waals surface area contributed by atoms with E-state index < -0.39 is 5.82 Å². The van der Waals surface area contributed by atoms with Gasteiger partial charge < -0.3 is 10.1 Å². The van der Waals surface area contributed by atoms with E-state index in [-0.39, 0.29) is 12.5 Å². The molecule has 0 fully saturated rings. The predicted molar refractivity (Wildman–Crippen MR) is 119 cm³/mol. The zero-order valence-corrected chi connectivity index (χ0v) is 17.6. The van der Waals surface area contributed by atoms with Gasteiger partial charge in [0, 0.05) is 55.0 Å². The highest BCUT2D eigenvalue weighted by Gasteiger charge is 2.13. The van der Waals surface area contributed by atoms with E-state index in [0.717, 1.165) is 17.5 Å². The first-order chi connectivity index (χ1) is 15.0. The summed E-state index contributed by atoms with van der Waals surface area (Å²) in [7, 11) is 1.70. The summed E-state index contributed by atoms with van der Waals surface area (Å²) < 4.78 is 19.3. The third-order valence-electron chi connectivity index (χ3n) is 4.58. The van der Waals surface area contributed by atoms with E-state index in [2.05, 4.69) is 20.3 Å². The Balaban J connectivity index is 1.77. The van der Waals surface area contributed by atoms with Crippen molar-refractivity contribution in [1.29, 1.82) is 0 Å². The fourth-order valence-electron chi connectivity index (χ4n) is 2.99. The van der Waals surface area contributed by atoms with Crippen molar-refractivity contribution in [3.8, 4) is 11.5 Å². The van der Waals surface area contributed by atoms with Gasteiger partial charge in [0.15, 0.2) is 0 Å². The van der Waals surface area contributed by atoms with Crippen LogP contribution in [0.1, 0.15) is 34.1 Å². The lowest BCUT2D eigenvalue weighted by Crippen LogP contribution is -2.23. The van der Waals surface area contributed by atoms with Crippen molar-refractivity contribution in [3.05, 3.63) is 89.3 Å². The molecule has 0 aliphatic heterocycles. The maximum atomic E-state index is 13.3. The molecule has 0 unspecified atom stereocenters. The van der Waals surface area contributed by atoms with Crippen LogP contribution in [0.25, 0.3) is 5.57 Å². The summed E-state index contributed by atoms with van der Waals surface area (Å²) in [5.41, 5.74) is 3.36. The number of nitrogens with one attached hydrogen (secondary N) is 1. The van der Waals surface area contributed by atoms with Crippen molar-refractivity contribution >= 4 is 17.7 Å². The van der Waals surface area contributed by atoms with Gasteiger partial charge in [-0.2, -0.15) is 0 Å². The third-order valence-corrected chi connectivity index (χ3v) is 4.58. The van der Waals surface area contributed by atoms with E-state index in [1.807, 2.05) is 26.0 Å². The Morgan fingerprint density at radius 3 is 2.84 bits per heavy atom. The number of hydrogen-bond donors (Lipinski definition) is 1. The second-order valence-electron chi connectivity index (χ2n) is 6.73. The molecule has 3 aromatic rings. The first kappa shape index (κ1) is 21.8. The number of benzene rings is 1. The van der Waals surface area contributed by atoms with E-state index in [1.54, 1.807) is 43.7 Å². The van der Waals surface area contributed by atoms with Crippen LogP contribution in [-0.4, -0.2) is 29.1 Å². The molecule has 0 aliphatic carbocycles. The number of carbonyl (C=O) groups is 1. The number of aromatic nitrogens is 2. The molecule has 158 valence electrons. The average Bonchev–Trinajstić information content (AvgIpc) is 2.77. The lowest BCUT2D eigenvalue weighted by Gasteiger charge is -2.13. The van der Waals surface area contributed by atoms with Crippen LogP contribution in [0, 0.1) is 12.7 Å². The average molecular weight is 418 g/mol. The summed E-state index contributed by atoms with van der Waals surface area (Å²) in [6.07, 6.45) is 7.95. The Bertz CT molecular complexity index is 1140. The molecule has 1 aromatic carbocycles. The second-order valence-corrected chi connectivity index (χ2v) is 6.73. The number of pyridine rings is 2. The highest BCUT2D eigenvalue weighted by molar-refractivity contribution is 6.08. The van der Waals surface area contributed by atoms with E-state index in [4.69, 9.17) is 4.74 Å². The van der Waals surface area contributed by atoms with Gasteiger partial charge >= 0.3 is 0 Å². The number of aliphatic imine (C=N–C) groups is 1. The minimum atomic E-state index is -0.443. The predicted octanol–water partition coefficient (Wildman–Crippen LogP) is 4.75.